The molecule has 14 heavy (non-hydrogen) atoms. The highest BCUT2D eigenvalue weighted by molar-refractivity contribution is 5.66. The Bertz CT molecular complexity index is 163. The number of ether oxygens (including phenoxy) is 1. The molecule has 0 aliphatic rings. The zero-order valence-electron chi connectivity index (χ0n) is 9.42. The molecule has 4 nitrogen and oxygen atoms in total. The van der Waals surface area contributed by atoms with Crippen molar-refractivity contribution in [3.63, 3.8) is 0 Å². The summed E-state index contributed by atoms with van der Waals surface area (Å²) >= 11 is 0. The minimum absolute atomic E-state index is 0.489. The van der Waals surface area contributed by atoms with E-state index in [1.54, 1.807) is 27.4 Å². The summed E-state index contributed by atoms with van der Waals surface area (Å²) in [4.78, 5) is 15.8. The number of nitrogens with one attached hydrogen (secondary N) is 1. The first-order valence-corrected chi connectivity index (χ1v) is 4.92. The van der Waals surface area contributed by atoms with Gasteiger partial charge in [0, 0.05) is 0 Å². The van der Waals surface area contributed by atoms with Crippen molar-refractivity contribution in [2.75, 3.05) is 0 Å². The molecule has 1 N–H and O–H groups in total. The molecule has 0 rings (SSSR count). The lowest BCUT2D eigenvalue weighted by Gasteiger charge is -2.19. The van der Waals surface area contributed by atoms with Gasteiger partial charge in [0.05, 0.1) is 0 Å². The lowest BCUT2D eigenvalue weighted by molar-refractivity contribution is 0.00851. The highest BCUT2D eigenvalue weighted by Gasteiger charge is 2.15. The van der Waals surface area contributed by atoms with Gasteiger partial charge in [0.1, 0.15) is 12.2 Å². The molecule has 0 aliphatic heterocycles. The van der Waals surface area contributed by atoms with E-state index in [2.05, 4.69) is 12.4 Å². The van der Waals surface area contributed by atoms with Crippen LogP contribution in [0.1, 0.15) is 47.0 Å². The topological polar surface area (TPSA) is 47.6 Å². The number of hydroxylamine groups is 1. The van der Waals surface area contributed by atoms with Crippen LogP contribution in [0.4, 0.5) is 4.79 Å². The second-order valence-corrected chi connectivity index (χ2v) is 4.03. The van der Waals surface area contributed by atoms with Crippen molar-refractivity contribution in [3.8, 4) is 0 Å². The standard InChI is InChI=1S/C10H20NO3/c1-5-6-7-8-13-11-9(12)14-10(2,3)4/h8H,5-7H2,1-4H3,(H,11,12). The van der Waals surface area contributed by atoms with E-state index in [-0.39, 0.29) is 0 Å². The molecular formula is C10H20NO3. The second kappa shape index (κ2) is 6.65. The van der Waals surface area contributed by atoms with Gasteiger partial charge in [-0.3, -0.25) is 4.84 Å². The van der Waals surface area contributed by atoms with Crippen LogP contribution in [0.15, 0.2) is 0 Å². The lowest BCUT2D eigenvalue weighted by atomic mass is 10.2. The molecule has 0 aromatic heterocycles. The van der Waals surface area contributed by atoms with Crippen LogP contribution in [-0.2, 0) is 9.57 Å². The van der Waals surface area contributed by atoms with E-state index < -0.39 is 11.7 Å². The maximum absolute atomic E-state index is 11.0. The first-order valence-electron chi connectivity index (χ1n) is 4.92. The largest absolute Gasteiger partial charge is 0.442 e. The van der Waals surface area contributed by atoms with Crippen LogP contribution in [0.3, 0.4) is 0 Å². The van der Waals surface area contributed by atoms with E-state index in [0.29, 0.717) is 0 Å². The minimum atomic E-state index is -0.565. The van der Waals surface area contributed by atoms with Crippen molar-refractivity contribution in [3.05, 3.63) is 6.61 Å². The summed E-state index contributed by atoms with van der Waals surface area (Å²) < 4.78 is 4.95. The van der Waals surface area contributed by atoms with Crippen LogP contribution in [0.25, 0.3) is 0 Å². The van der Waals surface area contributed by atoms with E-state index in [4.69, 9.17) is 9.57 Å². The Hall–Kier alpha value is -0.770. The summed E-state index contributed by atoms with van der Waals surface area (Å²) in [6.07, 6.45) is 2.42. The van der Waals surface area contributed by atoms with Gasteiger partial charge in [-0.05, 0) is 27.2 Å². The van der Waals surface area contributed by atoms with Crippen LogP contribution in [0.5, 0.6) is 0 Å². The highest BCUT2D eigenvalue weighted by Crippen LogP contribution is 2.06. The van der Waals surface area contributed by atoms with Crippen molar-refractivity contribution in [1.29, 1.82) is 0 Å². The molecule has 0 saturated heterocycles. The van der Waals surface area contributed by atoms with E-state index >= 15 is 0 Å². The predicted molar refractivity (Wildman–Crippen MR) is 54.3 cm³/mol. The van der Waals surface area contributed by atoms with E-state index in [0.717, 1.165) is 19.3 Å². The molecule has 0 atom stereocenters. The van der Waals surface area contributed by atoms with Crippen molar-refractivity contribution in [2.45, 2.75) is 52.6 Å². The number of carbonyl (C=O) groups excluding carboxylic acids is 1. The minimum Gasteiger partial charge on any atom is -0.442 e. The Balaban J connectivity index is 3.36. The van der Waals surface area contributed by atoms with Crippen LogP contribution in [0, 0.1) is 6.61 Å². The Morgan fingerprint density at radius 3 is 2.57 bits per heavy atom. The van der Waals surface area contributed by atoms with Gasteiger partial charge in [-0.25, -0.2) is 4.79 Å². The number of hydrogen-bond donors (Lipinski definition) is 1. The molecular weight excluding hydrogens is 182 g/mol. The number of hydrogen-bond acceptors (Lipinski definition) is 3. The van der Waals surface area contributed by atoms with Gasteiger partial charge in [-0.15, -0.1) is 0 Å². The van der Waals surface area contributed by atoms with Crippen LogP contribution in [-0.4, -0.2) is 11.7 Å². The van der Waals surface area contributed by atoms with Gasteiger partial charge in [-0.2, -0.15) is 5.48 Å². The Kier molecular flexibility index (Phi) is 6.28. The van der Waals surface area contributed by atoms with Crippen molar-refractivity contribution in [1.82, 2.24) is 5.48 Å². The molecule has 0 fully saturated rings. The van der Waals surface area contributed by atoms with E-state index in [1.165, 1.54) is 0 Å². The fourth-order valence-corrected chi connectivity index (χ4v) is 0.735. The normalized spacial score (nSPS) is 11.1. The number of rotatable bonds is 5. The Labute approximate surface area is 85.9 Å². The smallest absolute Gasteiger partial charge is 0.431 e. The molecule has 0 spiro atoms. The summed E-state index contributed by atoms with van der Waals surface area (Å²) in [7, 11) is 0. The number of carbonyl (C=O) groups is 1. The molecule has 0 aromatic carbocycles. The zero-order valence-corrected chi connectivity index (χ0v) is 9.42. The zero-order chi connectivity index (χ0) is 11.0. The third kappa shape index (κ3) is 9.32. The first-order chi connectivity index (χ1) is 6.45. The molecule has 4 heteroatoms. The molecule has 0 unspecified atom stereocenters. The second-order valence-electron chi connectivity index (χ2n) is 4.03. The van der Waals surface area contributed by atoms with Crippen molar-refractivity contribution < 1.29 is 14.4 Å². The maximum atomic E-state index is 11.0. The molecule has 0 aliphatic carbocycles. The van der Waals surface area contributed by atoms with Crippen LogP contribution < -0.4 is 5.48 Å². The monoisotopic (exact) mass is 202 g/mol. The van der Waals surface area contributed by atoms with Gasteiger partial charge in [-0.1, -0.05) is 19.8 Å². The Morgan fingerprint density at radius 1 is 1.43 bits per heavy atom. The lowest BCUT2D eigenvalue weighted by Crippen LogP contribution is -2.32. The van der Waals surface area contributed by atoms with Crippen molar-refractivity contribution >= 4 is 6.09 Å². The van der Waals surface area contributed by atoms with Gasteiger partial charge >= 0.3 is 6.09 Å². The van der Waals surface area contributed by atoms with Crippen molar-refractivity contribution in [2.24, 2.45) is 0 Å². The van der Waals surface area contributed by atoms with E-state index in [9.17, 15) is 4.79 Å². The molecule has 0 heterocycles. The maximum Gasteiger partial charge on any atom is 0.431 e. The molecule has 1 radical (unpaired) electrons. The average molecular weight is 202 g/mol. The Morgan fingerprint density at radius 2 is 2.07 bits per heavy atom. The molecule has 0 aromatic rings. The van der Waals surface area contributed by atoms with Crippen LogP contribution >= 0.6 is 0 Å². The third-order valence-electron chi connectivity index (χ3n) is 1.30. The summed E-state index contributed by atoms with van der Waals surface area (Å²) in [6, 6.07) is 0. The first kappa shape index (κ1) is 13.2. The summed E-state index contributed by atoms with van der Waals surface area (Å²) in [5, 5.41) is 0. The number of amides is 1. The SMILES string of the molecule is CCCC[CH]ONC(=O)OC(C)(C)C. The van der Waals surface area contributed by atoms with Gasteiger partial charge < -0.3 is 4.74 Å². The van der Waals surface area contributed by atoms with Gasteiger partial charge in [0.25, 0.3) is 0 Å². The number of unbranched alkanes of at least 4 members (excludes halogenated alkanes) is 2. The third-order valence-corrected chi connectivity index (χ3v) is 1.30. The quantitative estimate of drug-likeness (QED) is 0.551. The molecule has 0 bridgehead atoms. The van der Waals surface area contributed by atoms with E-state index in [1.807, 2.05) is 0 Å². The molecule has 83 valence electrons. The summed E-state index contributed by atoms with van der Waals surface area (Å²) in [5.41, 5.74) is 1.69. The van der Waals surface area contributed by atoms with Gasteiger partial charge in [0.2, 0.25) is 0 Å². The highest BCUT2D eigenvalue weighted by atomic mass is 16.7. The predicted octanol–water partition coefficient (Wildman–Crippen LogP) is 2.79. The average Bonchev–Trinajstić information content (AvgIpc) is 2.00. The van der Waals surface area contributed by atoms with Crippen LogP contribution in [0.2, 0.25) is 0 Å². The van der Waals surface area contributed by atoms with Gasteiger partial charge in [0.15, 0.2) is 0 Å². The summed E-state index contributed by atoms with van der Waals surface area (Å²) in [6.45, 7) is 9.05. The molecule has 0 saturated carbocycles. The molecule has 1 amide bonds. The fraction of sp³-hybridized carbons (Fsp3) is 0.800. The summed E-state index contributed by atoms with van der Waals surface area (Å²) in [5.74, 6) is 0. The fourth-order valence-electron chi connectivity index (χ4n) is 0.735.